The molecule has 2 heterocycles. The largest absolute Gasteiger partial charge is 0.459 e. The molecule has 1 saturated carbocycles. The number of hydrogen-bond acceptors (Lipinski definition) is 12. The van der Waals surface area contributed by atoms with Crippen LogP contribution in [0.2, 0.25) is 0 Å². The molecule has 4 aromatic rings. The molecular formula is C52H59N3O11. The van der Waals surface area contributed by atoms with Gasteiger partial charge >= 0.3 is 12.2 Å². The number of aliphatic hydroxyl groups is 2. The number of ether oxygens (including phenoxy) is 6. The van der Waals surface area contributed by atoms with E-state index in [4.69, 9.17) is 38.4 Å². The van der Waals surface area contributed by atoms with Gasteiger partial charge < -0.3 is 48.8 Å². The van der Waals surface area contributed by atoms with Gasteiger partial charge in [0.25, 0.3) is 0 Å². The third-order valence-electron chi connectivity index (χ3n) is 13.0. The number of nitrogens with zero attached hydrogens (tertiary/aromatic N) is 2. The van der Waals surface area contributed by atoms with E-state index < -0.39 is 29.9 Å². The number of aliphatic hydroxyl groups excluding tert-OH is 2. The number of methoxy groups -OCH3 is 1. The fraction of sp³-hybridized carbons (Fsp3) is 0.404. The van der Waals surface area contributed by atoms with Crippen molar-refractivity contribution in [2.24, 2.45) is 22.9 Å². The second-order valence-electron chi connectivity index (χ2n) is 17.0. The first-order valence-electron chi connectivity index (χ1n) is 22.8. The minimum Gasteiger partial charge on any atom is -0.459 e. The monoisotopic (exact) mass is 901 g/mol. The summed E-state index contributed by atoms with van der Waals surface area (Å²) in [7, 11) is 1.35. The first kappa shape index (κ1) is 46.2. The molecule has 2 aliphatic heterocycles. The highest BCUT2D eigenvalue weighted by molar-refractivity contribution is 6.03. The Kier molecular flexibility index (Phi) is 15.2. The number of benzene rings is 4. The quantitative estimate of drug-likeness (QED) is 0.0441. The Labute approximate surface area is 385 Å². The second kappa shape index (κ2) is 21.8. The molecule has 0 spiro atoms. The third kappa shape index (κ3) is 10.2. The van der Waals surface area contributed by atoms with E-state index >= 15 is 0 Å². The molecule has 0 bridgehead atoms. The van der Waals surface area contributed by atoms with Crippen LogP contribution in [0.4, 0.5) is 9.59 Å². The molecule has 348 valence electrons. The van der Waals surface area contributed by atoms with Gasteiger partial charge in [-0.05, 0) is 90.1 Å². The van der Waals surface area contributed by atoms with Crippen LogP contribution in [0, 0.1) is 17.8 Å². The van der Waals surface area contributed by atoms with E-state index in [1.165, 1.54) is 7.11 Å². The van der Waals surface area contributed by atoms with Gasteiger partial charge in [0.1, 0.15) is 24.1 Å². The number of carbonyl (C=O) groups excluding carboxylic acids is 2. The van der Waals surface area contributed by atoms with Gasteiger partial charge in [0.2, 0.25) is 12.6 Å². The van der Waals surface area contributed by atoms with Crippen LogP contribution in [0.15, 0.2) is 127 Å². The van der Waals surface area contributed by atoms with Crippen LogP contribution in [0.25, 0.3) is 0 Å². The molecule has 2 aliphatic carbocycles. The molecule has 4 aromatic carbocycles. The van der Waals surface area contributed by atoms with Crippen LogP contribution in [0.1, 0.15) is 73.1 Å². The maximum atomic E-state index is 14.4. The molecule has 6 unspecified atom stereocenters. The summed E-state index contributed by atoms with van der Waals surface area (Å²) in [6.07, 6.45) is 7.15. The van der Waals surface area contributed by atoms with Gasteiger partial charge in [-0.15, -0.1) is 6.58 Å². The number of unbranched alkanes of at least 4 members (excludes halogenated alkanes) is 2. The maximum Gasteiger partial charge on any atom is 0.412 e. The summed E-state index contributed by atoms with van der Waals surface area (Å²) in [5.41, 5.74) is 4.94. The maximum absolute atomic E-state index is 14.4. The van der Waals surface area contributed by atoms with E-state index in [1.54, 1.807) is 23.1 Å². The Hall–Kier alpha value is -6.35. The predicted molar refractivity (Wildman–Crippen MR) is 246 cm³/mol. The number of amides is 2. The van der Waals surface area contributed by atoms with E-state index in [0.717, 1.165) is 53.5 Å². The second-order valence-corrected chi connectivity index (χ2v) is 17.0. The molecule has 14 heteroatoms. The Morgan fingerprint density at radius 1 is 0.879 bits per heavy atom. The van der Waals surface area contributed by atoms with E-state index in [2.05, 4.69) is 18.0 Å². The summed E-state index contributed by atoms with van der Waals surface area (Å²) >= 11 is 0. The van der Waals surface area contributed by atoms with Crippen molar-refractivity contribution < 1.29 is 53.1 Å². The van der Waals surface area contributed by atoms with Gasteiger partial charge in [0.05, 0.1) is 25.3 Å². The molecule has 6 atom stereocenters. The number of nitrogens with one attached hydrogen (secondary N) is 1. The van der Waals surface area contributed by atoms with Crippen LogP contribution in [0.5, 0.6) is 23.0 Å². The predicted octanol–water partition coefficient (Wildman–Crippen LogP) is 8.81. The first-order valence-corrected chi connectivity index (χ1v) is 22.8. The number of hydrogen-bond donors (Lipinski definition) is 3. The molecule has 4 aliphatic rings. The average molecular weight is 902 g/mol. The van der Waals surface area contributed by atoms with Crippen molar-refractivity contribution in [3.8, 4) is 23.0 Å². The summed E-state index contributed by atoms with van der Waals surface area (Å²) in [4.78, 5) is 35.6. The van der Waals surface area contributed by atoms with Crippen molar-refractivity contribution in [3.05, 3.63) is 144 Å². The highest BCUT2D eigenvalue weighted by atomic mass is 16.7. The Balaban J connectivity index is 1.28. The van der Waals surface area contributed by atoms with E-state index in [0.29, 0.717) is 41.6 Å². The molecule has 0 aromatic heterocycles. The van der Waals surface area contributed by atoms with Crippen LogP contribution in [0.3, 0.4) is 0 Å². The summed E-state index contributed by atoms with van der Waals surface area (Å²) in [5, 5.41) is 27.7. The smallest absolute Gasteiger partial charge is 0.412 e. The fourth-order valence-electron chi connectivity index (χ4n) is 10.0. The highest BCUT2D eigenvalue weighted by Crippen LogP contribution is 2.62. The highest BCUT2D eigenvalue weighted by Gasteiger charge is 2.65. The standard InChI is InChI=1S/C52H59N3O11/c1-3-26-63-52-47(55(51(59)60-2)32-37-20-22-45-46(27-37)62-34-61-45)30-43(54-64-33-36-16-8-5-9-17-36)41-28-38(18-10-12-24-56)40(19-11-13-25-57)48(49(41)52)42-29-39(21-23-44(42)66-52)65-50(58)53-31-35-14-6-4-7-15-35/h3-9,14-17,20-23,27-29,38,40,47-49,56-57H,1,10-13,18-19,24-26,30-34H2,2H3,(H,53,58). The SMILES string of the molecule is C=CCOC12Oc3ccc(OC(=O)NCc4ccccc4)cc3C3C(CCCCO)C(CCCCO)C=C(C(=NOCc4ccccc4)CC1N(Cc1ccc4c(c1)OCO4)C(=O)OC)C32. The minimum absolute atomic E-state index is 0.00508. The van der Waals surface area contributed by atoms with E-state index in [1.807, 2.05) is 84.9 Å². The zero-order valence-corrected chi connectivity index (χ0v) is 37.3. The number of rotatable bonds is 20. The average Bonchev–Trinajstić information content (AvgIpc) is 3.82. The molecule has 0 saturated heterocycles. The minimum atomic E-state index is -1.54. The van der Waals surface area contributed by atoms with Gasteiger partial charge in [-0.1, -0.05) is 96.9 Å². The summed E-state index contributed by atoms with van der Waals surface area (Å²) in [6, 6.07) is 29.5. The molecule has 66 heavy (non-hydrogen) atoms. The van der Waals surface area contributed by atoms with Gasteiger partial charge in [-0.25, -0.2) is 9.59 Å². The van der Waals surface area contributed by atoms with Crippen molar-refractivity contribution in [1.82, 2.24) is 10.2 Å². The zero-order chi connectivity index (χ0) is 45.9. The van der Waals surface area contributed by atoms with E-state index in [-0.39, 0.29) is 70.5 Å². The van der Waals surface area contributed by atoms with Crippen LogP contribution in [-0.4, -0.2) is 78.6 Å². The molecule has 2 amide bonds. The van der Waals surface area contributed by atoms with Crippen LogP contribution < -0.4 is 24.3 Å². The van der Waals surface area contributed by atoms with Gasteiger partial charge in [-0.2, -0.15) is 0 Å². The Bertz CT molecular complexity index is 2360. The topological polar surface area (TPSA) is 167 Å². The Morgan fingerprint density at radius 3 is 2.35 bits per heavy atom. The van der Waals surface area contributed by atoms with E-state index in [9.17, 15) is 19.8 Å². The van der Waals surface area contributed by atoms with Crippen molar-refractivity contribution >= 4 is 17.9 Å². The third-order valence-corrected chi connectivity index (χ3v) is 13.0. The van der Waals surface area contributed by atoms with Crippen LogP contribution >= 0.6 is 0 Å². The lowest BCUT2D eigenvalue weighted by atomic mass is 9.55. The molecule has 8 rings (SSSR count). The first-order chi connectivity index (χ1) is 32.3. The van der Waals surface area contributed by atoms with Crippen LogP contribution in [-0.2, 0) is 34.0 Å². The van der Waals surface area contributed by atoms with Gasteiger partial charge in [0.15, 0.2) is 11.5 Å². The van der Waals surface area contributed by atoms with Crippen molar-refractivity contribution in [1.29, 1.82) is 0 Å². The summed E-state index contributed by atoms with van der Waals surface area (Å²) in [5.74, 6) is -0.514. The number of fused-ring (bicyclic) bond motifs is 3. The zero-order valence-electron chi connectivity index (χ0n) is 37.3. The van der Waals surface area contributed by atoms with Crippen molar-refractivity contribution in [2.75, 3.05) is 33.7 Å². The fourth-order valence-corrected chi connectivity index (χ4v) is 10.0. The molecule has 1 fully saturated rings. The van der Waals surface area contributed by atoms with Gasteiger partial charge in [0, 0.05) is 44.2 Å². The lowest BCUT2D eigenvalue weighted by Gasteiger charge is -2.59. The lowest BCUT2D eigenvalue weighted by Crippen LogP contribution is -2.70. The number of oxime groups is 1. The molecule has 3 N–H and O–H groups in total. The molecule has 14 nitrogen and oxygen atoms in total. The molecule has 0 radical (unpaired) electrons. The van der Waals surface area contributed by atoms with Crippen molar-refractivity contribution in [3.63, 3.8) is 0 Å². The normalized spacial score (nSPS) is 22.8. The van der Waals surface area contributed by atoms with Gasteiger partial charge in [-0.3, -0.25) is 4.90 Å². The number of carbonyl (C=O) groups is 2. The molecular weight excluding hydrogens is 843 g/mol. The summed E-state index contributed by atoms with van der Waals surface area (Å²) < 4.78 is 37.3. The summed E-state index contributed by atoms with van der Waals surface area (Å²) in [6.45, 7) is 4.91. The number of allylic oxidation sites excluding steroid dienone is 1. The van der Waals surface area contributed by atoms with Crippen molar-refractivity contribution in [2.45, 2.75) is 82.4 Å². The Morgan fingerprint density at radius 2 is 1.61 bits per heavy atom. The lowest BCUT2D eigenvalue weighted by molar-refractivity contribution is -0.256.